The lowest BCUT2D eigenvalue weighted by molar-refractivity contribution is 0.103. The standard InChI is InChI=1S/C11H6ClNO/c12-7-5-4-6-2-1-3-8-9(6)10(7)11(14)13-8/h1-5H,(H,13,14). The van der Waals surface area contributed by atoms with Gasteiger partial charge in [-0.15, -0.1) is 0 Å². The van der Waals surface area contributed by atoms with Crippen LogP contribution in [0.25, 0.3) is 10.8 Å². The van der Waals surface area contributed by atoms with Crippen molar-refractivity contribution in [3.63, 3.8) is 0 Å². The summed E-state index contributed by atoms with van der Waals surface area (Å²) in [5, 5.41) is 5.28. The van der Waals surface area contributed by atoms with Crippen LogP contribution in [0.3, 0.4) is 0 Å². The Kier molecular flexibility index (Phi) is 1.39. The van der Waals surface area contributed by atoms with Crippen molar-refractivity contribution in [1.29, 1.82) is 0 Å². The molecule has 2 aromatic carbocycles. The van der Waals surface area contributed by atoms with Gasteiger partial charge < -0.3 is 5.32 Å². The molecule has 0 spiro atoms. The van der Waals surface area contributed by atoms with Crippen molar-refractivity contribution >= 4 is 34.0 Å². The molecule has 1 amide bonds. The molecule has 2 aromatic rings. The first-order valence-electron chi connectivity index (χ1n) is 4.30. The molecule has 1 heterocycles. The fraction of sp³-hybridized carbons (Fsp3) is 0. The molecule has 14 heavy (non-hydrogen) atoms. The molecule has 68 valence electrons. The van der Waals surface area contributed by atoms with Gasteiger partial charge in [-0.05, 0) is 17.5 Å². The highest BCUT2D eigenvalue weighted by atomic mass is 35.5. The van der Waals surface area contributed by atoms with Gasteiger partial charge in [0.25, 0.3) is 5.91 Å². The fourth-order valence-corrected chi connectivity index (χ4v) is 2.11. The SMILES string of the molecule is O=C1Nc2cccc3ccc(Cl)c1c23. The van der Waals surface area contributed by atoms with Gasteiger partial charge in [-0.3, -0.25) is 4.79 Å². The Morgan fingerprint density at radius 3 is 2.86 bits per heavy atom. The summed E-state index contributed by atoms with van der Waals surface area (Å²) in [6.45, 7) is 0. The van der Waals surface area contributed by atoms with Gasteiger partial charge in [-0.2, -0.15) is 0 Å². The van der Waals surface area contributed by atoms with Gasteiger partial charge in [0.1, 0.15) is 0 Å². The largest absolute Gasteiger partial charge is 0.321 e. The highest BCUT2D eigenvalue weighted by molar-refractivity contribution is 6.39. The summed E-state index contributed by atoms with van der Waals surface area (Å²) < 4.78 is 0. The summed E-state index contributed by atoms with van der Waals surface area (Å²) in [6.07, 6.45) is 0. The summed E-state index contributed by atoms with van der Waals surface area (Å²) in [4.78, 5) is 11.6. The minimum absolute atomic E-state index is 0.109. The number of halogens is 1. The smallest absolute Gasteiger partial charge is 0.257 e. The lowest BCUT2D eigenvalue weighted by Crippen LogP contribution is -2.04. The molecule has 0 aliphatic carbocycles. The van der Waals surface area contributed by atoms with E-state index in [9.17, 15) is 4.79 Å². The van der Waals surface area contributed by atoms with Crippen molar-refractivity contribution in [2.24, 2.45) is 0 Å². The highest BCUT2D eigenvalue weighted by Crippen LogP contribution is 2.36. The zero-order valence-corrected chi connectivity index (χ0v) is 7.93. The minimum atomic E-state index is -0.109. The van der Waals surface area contributed by atoms with Crippen molar-refractivity contribution in [3.05, 3.63) is 40.9 Å². The fourth-order valence-electron chi connectivity index (χ4n) is 1.86. The maximum absolute atomic E-state index is 11.6. The van der Waals surface area contributed by atoms with Crippen molar-refractivity contribution in [1.82, 2.24) is 0 Å². The first-order valence-corrected chi connectivity index (χ1v) is 4.68. The Hall–Kier alpha value is -1.54. The number of rotatable bonds is 0. The van der Waals surface area contributed by atoms with E-state index in [-0.39, 0.29) is 5.91 Å². The molecular weight excluding hydrogens is 198 g/mol. The zero-order chi connectivity index (χ0) is 9.71. The topological polar surface area (TPSA) is 29.1 Å². The molecule has 1 aliphatic rings. The van der Waals surface area contributed by atoms with Crippen molar-refractivity contribution in [3.8, 4) is 0 Å². The van der Waals surface area contributed by atoms with Crippen LogP contribution in [0.2, 0.25) is 5.02 Å². The van der Waals surface area contributed by atoms with Gasteiger partial charge in [-0.1, -0.05) is 29.8 Å². The molecule has 0 unspecified atom stereocenters. The van der Waals surface area contributed by atoms with Crippen LogP contribution in [0.4, 0.5) is 5.69 Å². The number of nitrogens with one attached hydrogen (secondary N) is 1. The number of hydrogen-bond acceptors (Lipinski definition) is 1. The van der Waals surface area contributed by atoms with Crippen LogP contribution in [0.1, 0.15) is 10.4 Å². The van der Waals surface area contributed by atoms with E-state index in [0.717, 1.165) is 16.5 Å². The molecule has 0 radical (unpaired) electrons. The third kappa shape index (κ3) is 0.836. The Balaban J connectivity index is 2.59. The predicted molar refractivity (Wildman–Crippen MR) is 56.9 cm³/mol. The summed E-state index contributed by atoms with van der Waals surface area (Å²) in [5.74, 6) is -0.109. The number of anilines is 1. The van der Waals surface area contributed by atoms with E-state index in [1.807, 2.05) is 24.3 Å². The maximum Gasteiger partial charge on any atom is 0.257 e. The van der Waals surface area contributed by atoms with Crippen LogP contribution >= 0.6 is 11.6 Å². The number of amides is 1. The Morgan fingerprint density at radius 2 is 2.00 bits per heavy atom. The van der Waals surface area contributed by atoms with Crippen molar-refractivity contribution in [2.45, 2.75) is 0 Å². The average Bonchev–Trinajstić information content (AvgIpc) is 2.51. The zero-order valence-electron chi connectivity index (χ0n) is 7.17. The van der Waals surface area contributed by atoms with E-state index in [4.69, 9.17) is 11.6 Å². The molecule has 0 saturated heterocycles. The van der Waals surface area contributed by atoms with Crippen LogP contribution in [-0.2, 0) is 0 Å². The number of carbonyl (C=O) groups is 1. The quantitative estimate of drug-likeness (QED) is 0.701. The van der Waals surface area contributed by atoms with E-state index in [0.29, 0.717) is 10.6 Å². The minimum Gasteiger partial charge on any atom is -0.321 e. The number of hydrogen-bond donors (Lipinski definition) is 1. The monoisotopic (exact) mass is 203 g/mol. The van der Waals surface area contributed by atoms with Gasteiger partial charge in [0, 0.05) is 11.1 Å². The van der Waals surface area contributed by atoms with E-state index < -0.39 is 0 Å². The van der Waals surface area contributed by atoms with E-state index >= 15 is 0 Å². The summed E-state index contributed by atoms with van der Waals surface area (Å²) in [5.41, 5.74) is 1.45. The third-order valence-corrected chi connectivity index (χ3v) is 2.78. The van der Waals surface area contributed by atoms with Gasteiger partial charge >= 0.3 is 0 Å². The summed E-state index contributed by atoms with van der Waals surface area (Å²) in [7, 11) is 0. The molecule has 1 aliphatic heterocycles. The van der Waals surface area contributed by atoms with Crippen LogP contribution in [-0.4, -0.2) is 5.91 Å². The van der Waals surface area contributed by atoms with Crippen LogP contribution in [0.5, 0.6) is 0 Å². The van der Waals surface area contributed by atoms with Gasteiger partial charge in [0.15, 0.2) is 0 Å². The second-order valence-corrected chi connectivity index (χ2v) is 3.69. The lowest BCUT2D eigenvalue weighted by Gasteiger charge is -1.99. The molecule has 0 bridgehead atoms. The molecule has 0 saturated carbocycles. The van der Waals surface area contributed by atoms with Crippen molar-refractivity contribution in [2.75, 3.05) is 5.32 Å². The van der Waals surface area contributed by atoms with Crippen LogP contribution < -0.4 is 5.32 Å². The molecule has 0 aromatic heterocycles. The van der Waals surface area contributed by atoms with E-state index in [2.05, 4.69) is 5.32 Å². The Morgan fingerprint density at radius 1 is 1.14 bits per heavy atom. The maximum atomic E-state index is 11.6. The van der Waals surface area contributed by atoms with Crippen molar-refractivity contribution < 1.29 is 4.79 Å². The van der Waals surface area contributed by atoms with E-state index in [1.54, 1.807) is 6.07 Å². The normalized spacial score (nSPS) is 13.4. The molecule has 0 fully saturated rings. The highest BCUT2D eigenvalue weighted by Gasteiger charge is 2.23. The van der Waals surface area contributed by atoms with Gasteiger partial charge in [0.05, 0.1) is 10.6 Å². The van der Waals surface area contributed by atoms with Crippen LogP contribution in [0, 0.1) is 0 Å². The van der Waals surface area contributed by atoms with Crippen LogP contribution in [0.15, 0.2) is 30.3 Å². The first kappa shape index (κ1) is 7.83. The summed E-state index contributed by atoms with van der Waals surface area (Å²) in [6, 6.07) is 9.45. The Bertz CT molecular complexity index is 562. The second-order valence-electron chi connectivity index (χ2n) is 3.28. The molecule has 3 heteroatoms. The predicted octanol–water partition coefficient (Wildman–Crippen LogP) is 3.06. The molecule has 1 N–H and O–H groups in total. The number of benzene rings is 2. The number of carbonyl (C=O) groups excluding carboxylic acids is 1. The van der Waals surface area contributed by atoms with Gasteiger partial charge in [-0.25, -0.2) is 0 Å². The molecule has 2 nitrogen and oxygen atoms in total. The second kappa shape index (κ2) is 2.49. The third-order valence-electron chi connectivity index (χ3n) is 2.47. The summed E-state index contributed by atoms with van der Waals surface area (Å²) >= 11 is 5.97. The lowest BCUT2D eigenvalue weighted by atomic mass is 10.1. The molecule has 0 atom stereocenters. The first-order chi connectivity index (χ1) is 6.77. The van der Waals surface area contributed by atoms with Gasteiger partial charge in [0.2, 0.25) is 0 Å². The average molecular weight is 204 g/mol. The Labute approximate surface area is 85.5 Å². The molecular formula is C11H6ClNO. The molecule has 3 rings (SSSR count). The van der Waals surface area contributed by atoms with E-state index in [1.165, 1.54) is 0 Å².